The van der Waals surface area contributed by atoms with Crippen LogP contribution in [-0.2, 0) is 19.4 Å². The molecular weight excluding hydrogens is 254 g/mol. The Kier molecular flexibility index (Phi) is 4.39. The molecule has 1 aromatic rings. The summed E-state index contributed by atoms with van der Waals surface area (Å²) in [6.07, 6.45) is 4.28. The van der Waals surface area contributed by atoms with Gasteiger partial charge in [-0.15, -0.1) is 6.58 Å². The van der Waals surface area contributed by atoms with Gasteiger partial charge < -0.3 is 10.4 Å². The van der Waals surface area contributed by atoms with E-state index in [2.05, 4.69) is 23.6 Å². The van der Waals surface area contributed by atoms with Crippen molar-refractivity contribution in [2.45, 2.75) is 38.8 Å². The molecule has 1 heterocycles. The third-order valence-corrected chi connectivity index (χ3v) is 3.54. The predicted octanol–water partition coefficient (Wildman–Crippen LogP) is 1.79. The summed E-state index contributed by atoms with van der Waals surface area (Å²) in [7, 11) is 0. The van der Waals surface area contributed by atoms with Gasteiger partial charge in [-0.05, 0) is 26.2 Å². The third-order valence-electron chi connectivity index (χ3n) is 3.54. The lowest BCUT2D eigenvalue weighted by Crippen LogP contribution is -2.36. The fourth-order valence-corrected chi connectivity index (χ4v) is 2.63. The predicted molar refractivity (Wildman–Crippen MR) is 78.0 cm³/mol. The van der Waals surface area contributed by atoms with E-state index in [1.807, 2.05) is 6.92 Å². The number of nitrogens with zero attached hydrogens (tertiary/aromatic N) is 2. The van der Waals surface area contributed by atoms with E-state index in [-0.39, 0.29) is 5.69 Å². The summed E-state index contributed by atoms with van der Waals surface area (Å²) in [4.78, 5) is 11.3. The van der Waals surface area contributed by atoms with Crippen LogP contribution in [0.25, 0.3) is 0 Å². The van der Waals surface area contributed by atoms with Crippen molar-refractivity contribution < 1.29 is 9.90 Å². The van der Waals surface area contributed by atoms with Gasteiger partial charge in [-0.2, -0.15) is 5.10 Å². The van der Waals surface area contributed by atoms with Gasteiger partial charge in [0.15, 0.2) is 5.69 Å². The summed E-state index contributed by atoms with van der Waals surface area (Å²) in [5.74, 6) is -0.954. The lowest BCUT2D eigenvalue weighted by molar-refractivity contribution is 0.0688. The molecule has 0 spiro atoms. The molecular formula is C15H21N3O2. The number of allylic oxidation sites excluding steroid dienone is 1. The SMILES string of the molecule is C=CCn1nc(C(=O)O)c2c1CC[C@H](NCC(=C)C)C2. The summed E-state index contributed by atoms with van der Waals surface area (Å²) < 4.78 is 1.76. The molecule has 1 aliphatic rings. The Balaban J connectivity index is 2.22. The number of rotatable bonds is 6. The quantitative estimate of drug-likeness (QED) is 0.777. The third kappa shape index (κ3) is 2.99. The molecule has 5 heteroatoms. The standard InChI is InChI=1S/C15H21N3O2/c1-4-7-18-13-6-5-11(16-9-10(2)3)8-12(13)14(17-18)15(19)20/h4,11,16H,1-2,5-9H2,3H3,(H,19,20)/t11-/m0/s1. The number of carboxylic acids is 1. The van der Waals surface area contributed by atoms with Crippen molar-refractivity contribution >= 4 is 5.97 Å². The summed E-state index contributed by atoms with van der Waals surface area (Å²) >= 11 is 0. The molecule has 0 radical (unpaired) electrons. The van der Waals surface area contributed by atoms with Gasteiger partial charge >= 0.3 is 5.97 Å². The molecule has 2 rings (SSSR count). The average Bonchev–Trinajstić information content (AvgIpc) is 2.75. The Morgan fingerprint density at radius 1 is 1.65 bits per heavy atom. The van der Waals surface area contributed by atoms with Crippen LogP contribution in [0.15, 0.2) is 24.8 Å². The average molecular weight is 275 g/mol. The van der Waals surface area contributed by atoms with Crippen LogP contribution in [0, 0.1) is 0 Å². The van der Waals surface area contributed by atoms with Crippen LogP contribution in [0.1, 0.15) is 35.1 Å². The first-order valence-electron chi connectivity index (χ1n) is 6.83. The van der Waals surface area contributed by atoms with Crippen LogP contribution in [-0.4, -0.2) is 33.4 Å². The van der Waals surface area contributed by atoms with Gasteiger partial charge in [0.2, 0.25) is 0 Å². The molecule has 0 aromatic carbocycles. The second kappa shape index (κ2) is 6.05. The topological polar surface area (TPSA) is 67.2 Å². The highest BCUT2D eigenvalue weighted by atomic mass is 16.4. The second-order valence-electron chi connectivity index (χ2n) is 5.33. The monoisotopic (exact) mass is 275 g/mol. The van der Waals surface area contributed by atoms with Crippen LogP contribution in [0.5, 0.6) is 0 Å². The Morgan fingerprint density at radius 2 is 2.40 bits per heavy atom. The number of fused-ring (bicyclic) bond motifs is 1. The van der Waals surface area contributed by atoms with Crippen molar-refractivity contribution in [3.05, 3.63) is 41.8 Å². The lowest BCUT2D eigenvalue weighted by Gasteiger charge is -2.24. The molecule has 1 aliphatic carbocycles. The van der Waals surface area contributed by atoms with Crippen LogP contribution in [0.4, 0.5) is 0 Å². The molecule has 1 aromatic heterocycles. The second-order valence-corrected chi connectivity index (χ2v) is 5.33. The summed E-state index contributed by atoms with van der Waals surface area (Å²) in [5, 5.41) is 16.9. The van der Waals surface area contributed by atoms with E-state index in [0.29, 0.717) is 19.0 Å². The van der Waals surface area contributed by atoms with E-state index in [1.165, 1.54) is 0 Å². The minimum Gasteiger partial charge on any atom is -0.476 e. The molecule has 1 atom stereocenters. The van der Waals surface area contributed by atoms with E-state index in [9.17, 15) is 9.90 Å². The van der Waals surface area contributed by atoms with E-state index in [0.717, 1.165) is 36.2 Å². The Morgan fingerprint density at radius 3 is 3.00 bits per heavy atom. The van der Waals surface area contributed by atoms with Gasteiger partial charge in [0.05, 0.1) is 6.54 Å². The fraction of sp³-hybridized carbons (Fsp3) is 0.467. The smallest absolute Gasteiger partial charge is 0.356 e. The summed E-state index contributed by atoms with van der Waals surface area (Å²) in [5.41, 5.74) is 3.17. The molecule has 2 N–H and O–H groups in total. The maximum Gasteiger partial charge on any atom is 0.356 e. The van der Waals surface area contributed by atoms with Crippen LogP contribution >= 0.6 is 0 Å². The molecule has 0 amide bonds. The number of carboxylic acid groups (broad SMARTS) is 1. The molecule has 0 fully saturated rings. The number of aromatic nitrogens is 2. The van der Waals surface area contributed by atoms with Gasteiger partial charge in [-0.1, -0.05) is 18.2 Å². The van der Waals surface area contributed by atoms with Crippen molar-refractivity contribution in [1.82, 2.24) is 15.1 Å². The highest BCUT2D eigenvalue weighted by Crippen LogP contribution is 2.25. The van der Waals surface area contributed by atoms with Crippen LogP contribution in [0.3, 0.4) is 0 Å². The van der Waals surface area contributed by atoms with Gasteiger partial charge in [0.25, 0.3) is 0 Å². The maximum absolute atomic E-state index is 11.3. The highest BCUT2D eigenvalue weighted by molar-refractivity contribution is 5.87. The number of carbonyl (C=O) groups is 1. The molecule has 0 aliphatic heterocycles. The normalized spacial score (nSPS) is 17.6. The number of hydrogen-bond acceptors (Lipinski definition) is 3. The van der Waals surface area contributed by atoms with Crippen LogP contribution < -0.4 is 5.32 Å². The number of nitrogens with one attached hydrogen (secondary N) is 1. The van der Waals surface area contributed by atoms with Gasteiger partial charge in [-0.3, -0.25) is 4.68 Å². The molecule has 0 saturated heterocycles. The minimum absolute atomic E-state index is 0.184. The van der Waals surface area contributed by atoms with Crippen molar-refractivity contribution in [3.8, 4) is 0 Å². The zero-order valence-corrected chi connectivity index (χ0v) is 11.9. The number of aromatic carboxylic acids is 1. The van der Waals surface area contributed by atoms with Crippen molar-refractivity contribution in [2.75, 3.05) is 6.54 Å². The van der Waals surface area contributed by atoms with E-state index < -0.39 is 5.97 Å². The van der Waals surface area contributed by atoms with Crippen molar-refractivity contribution in [3.63, 3.8) is 0 Å². The Bertz CT molecular complexity index is 546. The molecule has 0 bridgehead atoms. The largest absolute Gasteiger partial charge is 0.476 e. The van der Waals surface area contributed by atoms with Gasteiger partial charge in [-0.25, -0.2) is 4.79 Å². The zero-order valence-electron chi connectivity index (χ0n) is 11.9. The first-order valence-corrected chi connectivity index (χ1v) is 6.83. The van der Waals surface area contributed by atoms with Crippen molar-refractivity contribution in [1.29, 1.82) is 0 Å². The Labute approximate surface area is 119 Å². The molecule has 108 valence electrons. The maximum atomic E-state index is 11.3. The van der Waals surface area contributed by atoms with Crippen LogP contribution in [0.2, 0.25) is 0 Å². The molecule has 5 nitrogen and oxygen atoms in total. The first-order chi connectivity index (χ1) is 9.52. The molecule has 0 saturated carbocycles. The summed E-state index contributed by atoms with van der Waals surface area (Å²) in [6, 6.07) is 0.290. The van der Waals surface area contributed by atoms with E-state index >= 15 is 0 Å². The van der Waals surface area contributed by atoms with Gasteiger partial charge in [0, 0.05) is 23.8 Å². The Hall–Kier alpha value is -1.88. The van der Waals surface area contributed by atoms with Crippen molar-refractivity contribution in [2.24, 2.45) is 0 Å². The fourth-order valence-electron chi connectivity index (χ4n) is 2.63. The molecule has 20 heavy (non-hydrogen) atoms. The zero-order chi connectivity index (χ0) is 14.7. The minimum atomic E-state index is -0.954. The first kappa shape index (κ1) is 14.5. The van der Waals surface area contributed by atoms with E-state index in [1.54, 1.807) is 10.8 Å². The summed E-state index contributed by atoms with van der Waals surface area (Å²) in [6.45, 7) is 10.9. The highest BCUT2D eigenvalue weighted by Gasteiger charge is 2.28. The molecule has 0 unspecified atom stereocenters. The van der Waals surface area contributed by atoms with E-state index in [4.69, 9.17) is 0 Å². The van der Waals surface area contributed by atoms with Gasteiger partial charge in [0.1, 0.15) is 0 Å². The lowest BCUT2D eigenvalue weighted by atomic mass is 9.91. The number of hydrogen-bond donors (Lipinski definition) is 2.